The fraction of sp³-hybridized carbons (Fsp3) is 0.459. The van der Waals surface area contributed by atoms with Gasteiger partial charge in [0.15, 0.2) is 0 Å². The topological polar surface area (TPSA) is 228 Å². The molecule has 16 heteroatoms. The Morgan fingerprint density at radius 3 is 2.36 bits per heavy atom. The van der Waals surface area contributed by atoms with Crippen molar-refractivity contribution in [3.05, 3.63) is 72.1 Å². The third kappa shape index (κ3) is 10.0. The smallest absolute Gasteiger partial charge is 0.269 e. The standard InChI is InChI=1S/C37H47N9O7/c1-3-24-32(48)43-31(22(2)47)36(52)42-29(20-23-12-5-4-6-13-23)37(53)46-19-11-16-30(46)35(51)39-18-10-8-15-26(33(49)40-24)41-34(50)28-21-27(44-45-28)25-14-7-9-17-38-25/h4-7,9,12-14,17,21-22,24,26,29-31,47H,3,8,10-11,15-16,18-20H2,1-2H3,(H,39,51)(H,40,49)(H,41,50)(H,42,52)(H,43,48)(H,44,45)/t22-,24+,26+,29-,30+,31+/m1/s1. The lowest BCUT2D eigenvalue weighted by molar-refractivity contribution is -0.142. The number of amides is 6. The second kappa shape index (κ2) is 18.2. The molecule has 5 rings (SSSR count). The summed E-state index contributed by atoms with van der Waals surface area (Å²) in [5.74, 6) is -3.57. The van der Waals surface area contributed by atoms with Crippen LogP contribution in [0.5, 0.6) is 0 Å². The van der Waals surface area contributed by atoms with E-state index in [1.54, 1.807) is 31.3 Å². The number of carbonyl (C=O) groups is 6. The van der Waals surface area contributed by atoms with E-state index in [0.717, 1.165) is 5.56 Å². The number of nitrogens with one attached hydrogen (secondary N) is 6. The molecule has 282 valence electrons. The van der Waals surface area contributed by atoms with E-state index < -0.39 is 65.8 Å². The zero-order valence-corrected chi connectivity index (χ0v) is 29.8. The molecule has 2 fully saturated rings. The molecule has 6 atom stereocenters. The third-order valence-corrected chi connectivity index (χ3v) is 9.43. The Morgan fingerprint density at radius 1 is 0.887 bits per heavy atom. The van der Waals surface area contributed by atoms with E-state index in [1.807, 2.05) is 30.3 Å². The monoisotopic (exact) mass is 729 g/mol. The van der Waals surface area contributed by atoms with Crippen molar-refractivity contribution in [1.82, 2.24) is 46.7 Å². The number of H-pyrrole nitrogens is 1. The number of aromatic nitrogens is 3. The van der Waals surface area contributed by atoms with Gasteiger partial charge in [-0.3, -0.25) is 38.8 Å². The maximum Gasteiger partial charge on any atom is 0.269 e. The van der Waals surface area contributed by atoms with Crippen LogP contribution in [0.3, 0.4) is 0 Å². The predicted molar refractivity (Wildman–Crippen MR) is 193 cm³/mol. The average molecular weight is 730 g/mol. The number of pyridine rings is 1. The normalized spacial score (nSPS) is 24.3. The number of benzene rings is 1. The summed E-state index contributed by atoms with van der Waals surface area (Å²) in [6.45, 7) is 3.57. The molecule has 0 saturated carbocycles. The first-order chi connectivity index (χ1) is 25.5. The van der Waals surface area contributed by atoms with E-state index in [1.165, 1.54) is 17.9 Å². The molecular weight excluding hydrogens is 682 g/mol. The number of rotatable bonds is 7. The summed E-state index contributed by atoms with van der Waals surface area (Å²) in [4.78, 5) is 87.4. The SMILES string of the molecule is CC[C@@H]1NC(=O)[C@@H](NC(=O)c2cc(-c3ccccn3)n[nH]2)CCCCNC(=O)[C@@H]2CCCN2C(=O)[C@@H](Cc2ccccc2)NC(=O)[C@H]([C@@H](C)O)NC1=O. The van der Waals surface area contributed by atoms with Crippen LogP contribution in [-0.4, -0.2) is 110 Å². The van der Waals surface area contributed by atoms with Gasteiger partial charge in [-0.1, -0.05) is 43.3 Å². The Kier molecular flexibility index (Phi) is 13.3. The van der Waals surface area contributed by atoms with Gasteiger partial charge in [0.05, 0.1) is 11.8 Å². The van der Waals surface area contributed by atoms with Crippen molar-refractivity contribution < 1.29 is 33.9 Å². The molecule has 6 amide bonds. The number of aliphatic hydroxyl groups excluding tert-OH is 1. The van der Waals surface area contributed by atoms with E-state index in [9.17, 15) is 33.9 Å². The van der Waals surface area contributed by atoms with Gasteiger partial charge in [0.1, 0.15) is 41.6 Å². The number of aliphatic hydroxyl groups is 1. The summed E-state index contributed by atoms with van der Waals surface area (Å²) in [7, 11) is 0. The van der Waals surface area contributed by atoms with Crippen molar-refractivity contribution in [2.45, 2.75) is 95.1 Å². The average Bonchev–Trinajstić information content (AvgIpc) is 3.86. The minimum absolute atomic E-state index is 0.0954. The van der Waals surface area contributed by atoms with Gasteiger partial charge in [0.2, 0.25) is 29.5 Å². The van der Waals surface area contributed by atoms with Crippen molar-refractivity contribution in [3.63, 3.8) is 0 Å². The predicted octanol–water partition coefficient (Wildman–Crippen LogP) is 0.349. The van der Waals surface area contributed by atoms with Crippen LogP contribution in [0.4, 0.5) is 0 Å². The lowest BCUT2D eigenvalue weighted by Gasteiger charge is -2.30. The Morgan fingerprint density at radius 2 is 1.64 bits per heavy atom. The van der Waals surface area contributed by atoms with Gasteiger partial charge in [-0.2, -0.15) is 5.10 Å². The molecule has 2 aliphatic rings. The molecule has 1 aromatic carbocycles. The maximum absolute atomic E-state index is 14.0. The number of carbonyl (C=O) groups excluding carboxylic acids is 6. The Bertz CT molecular complexity index is 1750. The maximum atomic E-state index is 14.0. The fourth-order valence-electron chi connectivity index (χ4n) is 6.49. The van der Waals surface area contributed by atoms with E-state index in [2.05, 4.69) is 41.8 Å². The van der Waals surface area contributed by atoms with Gasteiger partial charge in [-0.05, 0) is 69.2 Å². The van der Waals surface area contributed by atoms with Gasteiger partial charge >= 0.3 is 0 Å². The van der Waals surface area contributed by atoms with Gasteiger partial charge in [0.25, 0.3) is 5.91 Å². The molecule has 0 unspecified atom stereocenters. The van der Waals surface area contributed by atoms with Crippen LogP contribution < -0.4 is 26.6 Å². The Labute approximate surface area is 307 Å². The van der Waals surface area contributed by atoms with Crippen LogP contribution in [0.2, 0.25) is 0 Å². The highest BCUT2D eigenvalue weighted by Crippen LogP contribution is 2.21. The number of aromatic amines is 1. The minimum atomic E-state index is -1.48. The number of nitrogens with zero attached hydrogens (tertiary/aromatic N) is 3. The van der Waals surface area contributed by atoms with Crippen LogP contribution in [-0.2, 0) is 30.4 Å². The second-order valence-corrected chi connectivity index (χ2v) is 13.3. The number of hydrogen-bond acceptors (Lipinski definition) is 9. The molecule has 0 radical (unpaired) electrons. The third-order valence-electron chi connectivity index (χ3n) is 9.43. The summed E-state index contributed by atoms with van der Waals surface area (Å²) in [5.41, 5.74) is 1.84. The molecule has 2 aliphatic heterocycles. The van der Waals surface area contributed by atoms with Crippen molar-refractivity contribution in [2.75, 3.05) is 13.1 Å². The minimum Gasteiger partial charge on any atom is -0.391 e. The summed E-state index contributed by atoms with van der Waals surface area (Å²) in [6.07, 6.45) is 2.53. The lowest BCUT2D eigenvalue weighted by atomic mass is 10.0. The van der Waals surface area contributed by atoms with Crippen LogP contribution >= 0.6 is 0 Å². The van der Waals surface area contributed by atoms with Gasteiger partial charge in [0, 0.05) is 25.7 Å². The molecule has 7 N–H and O–H groups in total. The van der Waals surface area contributed by atoms with E-state index in [-0.39, 0.29) is 37.4 Å². The van der Waals surface area contributed by atoms with Crippen LogP contribution in [0.25, 0.3) is 11.4 Å². The molecule has 4 heterocycles. The van der Waals surface area contributed by atoms with Crippen LogP contribution in [0, 0.1) is 0 Å². The number of fused-ring (bicyclic) bond motifs is 1. The van der Waals surface area contributed by atoms with Crippen LogP contribution in [0.1, 0.15) is 68.4 Å². The fourth-order valence-corrected chi connectivity index (χ4v) is 6.49. The van der Waals surface area contributed by atoms with Crippen molar-refractivity contribution in [2.24, 2.45) is 0 Å². The van der Waals surface area contributed by atoms with Crippen molar-refractivity contribution in [3.8, 4) is 11.4 Å². The molecule has 53 heavy (non-hydrogen) atoms. The summed E-state index contributed by atoms with van der Waals surface area (Å²) >= 11 is 0. The van der Waals surface area contributed by atoms with Crippen molar-refractivity contribution >= 4 is 35.4 Å². The molecule has 0 spiro atoms. The Hall–Kier alpha value is -5.64. The molecule has 0 bridgehead atoms. The number of hydrogen-bond donors (Lipinski definition) is 7. The van der Waals surface area contributed by atoms with E-state index in [4.69, 9.17) is 0 Å². The first-order valence-corrected chi connectivity index (χ1v) is 18.0. The highest BCUT2D eigenvalue weighted by atomic mass is 16.3. The lowest BCUT2D eigenvalue weighted by Crippen LogP contribution is -2.61. The molecule has 3 aromatic rings. The molecule has 2 aromatic heterocycles. The summed E-state index contributed by atoms with van der Waals surface area (Å²) in [6, 6.07) is 10.3. The second-order valence-electron chi connectivity index (χ2n) is 13.3. The molecule has 0 aliphatic carbocycles. The zero-order valence-electron chi connectivity index (χ0n) is 29.8. The van der Waals surface area contributed by atoms with Gasteiger partial charge < -0.3 is 36.6 Å². The highest BCUT2D eigenvalue weighted by molar-refractivity contribution is 5.99. The van der Waals surface area contributed by atoms with E-state index >= 15 is 0 Å². The first kappa shape index (κ1) is 38.6. The largest absolute Gasteiger partial charge is 0.391 e. The van der Waals surface area contributed by atoms with Gasteiger partial charge in [-0.25, -0.2) is 0 Å². The zero-order chi connectivity index (χ0) is 37.9. The molecular formula is C37H47N9O7. The molecule has 16 nitrogen and oxygen atoms in total. The first-order valence-electron chi connectivity index (χ1n) is 18.0. The quantitative estimate of drug-likeness (QED) is 0.178. The van der Waals surface area contributed by atoms with Crippen LogP contribution in [0.15, 0.2) is 60.8 Å². The summed E-state index contributed by atoms with van der Waals surface area (Å²) < 4.78 is 0. The van der Waals surface area contributed by atoms with Crippen molar-refractivity contribution in [1.29, 1.82) is 0 Å². The van der Waals surface area contributed by atoms with Gasteiger partial charge in [-0.15, -0.1) is 0 Å². The Balaban J connectivity index is 1.38. The highest BCUT2D eigenvalue weighted by Gasteiger charge is 2.39. The summed E-state index contributed by atoms with van der Waals surface area (Å²) in [5, 5.41) is 31.1. The van der Waals surface area contributed by atoms with E-state index in [0.29, 0.717) is 43.6 Å². The molecule has 2 saturated heterocycles.